The average molecular weight is 314 g/mol. The van der Waals surface area contributed by atoms with Gasteiger partial charge < -0.3 is 10.2 Å². The number of hydrogen-bond donors (Lipinski definition) is 1. The lowest BCUT2D eigenvalue weighted by Crippen LogP contribution is -2.40. The Morgan fingerprint density at radius 3 is 2.59 bits per heavy atom. The number of carbonyl (C=O) groups is 1. The van der Waals surface area contributed by atoms with Gasteiger partial charge >= 0.3 is 6.18 Å². The number of carbonyl (C=O) groups excluding carboxylic acids is 1. The predicted octanol–water partition coefficient (Wildman–Crippen LogP) is 2.88. The van der Waals surface area contributed by atoms with Crippen molar-refractivity contribution in [3.8, 4) is 0 Å². The summed E-state index contributed by atoms with van der Waals surface area (Å²) >= 11 is 0. The fourth-order valence-electron chi connectivity index (χ4n) is 2.75. The van der Waals surface area contributed by atoms with Gasteiger partial charge in [-0.2, -0.15) is 13.2 Å². The van der Waals surface area contributed by atoms with E-state index in [-0.39, 0.29) is 23.8 Å². The van der Waals surface area contributed by atoms with E-state index in [1.807, 2.05) is 13.8 Å². The number of rotatable bonds is 3. The fraction of sp³-hybridized carbons (Fsp3) is 0.562. The number of halogens is 3. The molecule has 1 aliphatic heterocycles. The number of benzene rings is 1. The Balaban J connectivity index is 2.26. The first-order chi connectivity index (χ1) is 10.2. The zero-order valence-electron chi connectivity index (χ0n) is 12.9. The second kappa shape index (κ2) is 6.28. The van der Waals surface area contributed by atoms with Gasteiger partial charge in [-0.25, -0.2) is 0 Å². The number of nitrogens with one attached hydrogen (secondary N) is 1. The van der Waals surface area contributed by atoms with Crippen LogP contribution in [0, 0.1) is 5.92 Å². The second-order valence-electron chi connectivity index (χ2n) is 6.04. The molecule has 1 N–H and O–H groups in total. The molecule has 1 amide bonds. The minimum absolute atomic E-state index is 0.0255. The molecule has 0 aliphatic carbocycles. The van der Waals surface area contributed by atoms with Crippen molar-refractivity contribution in [3.63, 3.8) is 0 Å². The van der Waals surface area contributed by atoms with Crippen LogP contribution in [0.15, 0.2) is 24.3 Å². The third-order valence-corrected chi connectivity index (χ3v) is 4.30. The maximum Gasteiger partial charge on any atom is 0.416 e. The van der Waals surface area contributed by atoms with Gasteiger partial charge in [-0.3, -0.25) is 4.79 Å². The number of nitrogens with zero attached hydrogens (tertiary/aromatic N) is 1. The first kappa shape index (κ1) is 16.8. The van der Waals surface area contributed by atoms with Gasteiger partial charge in [-0.1, -0.05) is 18.2 Å². The molecule has 1 aromatic carbocycles. The van der Waals surface area contributed by atoms with Crippen molar-refractivity contribution < 1.29 is 18.0 Å². The summed E-state index contributed by atoms with van der Waals surface area (Å²) in [5.41, 5.74) is -0.101. The molecule has 1 aliphatic rings. The van der Waals surface area contributed by atoms with E-state index >= 15 is 0 Å². The Hall–Kier alpha value is -1.56. The maximum atomic E-state index is 12.9. The fourth-order valence-corrected chi connectivity index (χ4v) is 2.75. The molecule has 6 heteroatoms. The van der Waals surface area contributed by atoms with Gasteiger partial charge in [0.05, 0.1) is 11.5 Å². The molecule has 2 rings (SSSR count). The van der Waals surface area contributed by atoms with E-state index in [1.54, 1.807) is 18.0 Å². The van der Waals surface area contributed by atoms with E-state index < -0.39 is 11.7 Å². The van der Waals surface area contributed by atoms with Crippen LogP contribution in [-0.4, -0.2) is 37.0 Å². The largest absolute Gasteiger partial charge is 0.416 e. The van der Waals surface area contributed by atoms with Crippen LogP contribution in [0.5, 0.6) is 0 Å². The lowest BCUT2D eigenvalue weighted by molar-refractivity contribution is -0.137. The minimum atomic E-state index is -4.36. The van der Waals surface area contributed by atoms with Crippen LogP contribution in [0.3, 0.4) is 0 Å². The highest BCUT2D eigenvalue weighted by Crippen LogP contribution is 2.34. The monoisotopic (exact) mass is 314 g/mol. The molecule has 22 heavy (non-hydrogen) atoms. The summed E-state index contributed by atoms with van der Waals surface area (Å²) in [5.74, 6) is -0.575. The lowest BCUT2D eigenvalue weighted by atomic mass is 9.87. The van der Waals surface area contributed by atoms with Crippen LogP contribution in [0.25, 0.3) is 0 Å². The first-order valence-electron chi connectivity index (χ1n) is 7.36. The van der Waals surface area contributed by atoms with Crippen molar-refractivity contribution in [3.05, 3.63) is 35.4 Å². The third-order valence-electron chi connectivity index (χ3n) is 4.30. The van der Waals surface area contributed by atoms with E-state index in [2.05, 4.69) is 5.32 Å². The SMILES string of the molecule is CC(C)N(C)C(=O)C1CNCC1c1cccc(C(F)(F)F)c1. The normalized spacial score (nSPS) is 22.1. The third kappa shape index (κ3) is 3.43. The highest BCUT2D eigenvalue weighted by Gasteiger charge is 2.37. The summed E-state index contributed by atoms with van der Waals surface area (Å²) in [4.78, 5) is 14.2. The minimum Gasteiger partial charge on any atom is -0.343 e. The van der Waals surface area contributed by atoms with E-state index in [9.17, 15) is 18.0 Å². The van der Waals surface area contributed by atoms with E-state index in [4.69, 9.17) is 0 Å². The average Bonchev–Trinajstić information content (AvgIpc) is 2.94. The predicted molar refractivity (Wildman–Crippen MR) is 78.5 cm³/mol. The zero-order chi connectivity index (χ0) is 16.5. The van der Waals surface area contributed by atoms with Gasteiger partial charge in [-0.05, 0) is 25.5 Å². The molecule has 2 unspecified atom stereocenters. The highest BCUT2D eigenvalue weighted by molar-refractivity contribution is 5.80. The quantitative estimate of drug-likeness (QED) is 0.930. The number of hydrogen-bond acceptors (Lipinski definition) is 2. The molecule has 0 spiro atoms. The van der Waals surface area contributed by atoms with Crippen LogP contribution in [0.1, 0.15) is 30.9 Å². The Bertz CT molecular complexity index is 542. The Morgan fingerprint density at radius 1 is 1.32 bits per heavy atom. The van der Waals surface area contributed by atoms with Crippen molar-refractivity contribution in [1.82, 2.24) is 10.2 Å². The van der Waals surface area contributed by atoms with Crippen LogP contribution < -0.4 is 5.32 Å². The van der Waals surface area contributed by atoms with Crippen LogP contribution >= 0.6 is 0 Å². The van der Waals surface area contributed by atoms with Crippen LogP contribution in [0.4, 0.5) is 13.2 Å². The highest BCUT2D eigenvalue weighted by atomic mass is 19.4. The van der Waals surface area contributed by atoms with Gasteiger partial charge in [0, 0.05) is 32.1 Å². The Morgan fingerprint density at radius 2 is 2.00 bits per heavy atom. The van der Waals surface area contributed by atoms with E-state index in [0.29, 0.717) is 18.7 Å². The first-order valence-corrected chi connectivity index (χ1v) is 7.36. The van der Waals surface area contributed by atoms with Gasteiger partial charge in [0.15, 0.2) is 0 Å². The van der Waals surface area contributed by atoms with Crippen molar-refractivity contribution in [2.75, 3.05) is 20.1 Å². The van der Waals surface area contributed by atoms with Gasteiger partial charge in [-0.15, -0.1) is 0 Å². The molecule has 0 aromatic heterocycles. The summed E-state index contributed by atoms with van der Waals surface area (Å²) < 4.78 is 38.6. The number of amides is 1. The van der Waals surface area contributed by atoms with E-state index in [0.717, 1.165) is 12.1 Å². The van der Waals surface area contributed by atoms with E-state index in [1.165, 1.54) is 6.07 Å². The second-order valence-corrected chi connectivity index (χ2v) is 6.04. The summed E-state index contributed by atoms with van der Waals surface area (Å²) in [7, 11) is 1.73. The van der Waals surface area contributed by atoms with Crippen LogP contribution in [0.2, 0.25) is 0 Å². The van der Waals surface area contributed by atoms with Crippen LogP contribution in [-0.2, 0) is 11.0 Å². The van der Waals surface area contributed by atoms with Crippen molar-refractivity contribution >= 4 is 5.91 Å². The van der Waals surface area contributed by atoms with Gasteiger partial charge in [0.1, 0.15) is 0 Å². The molecule has 1 heterocycles. The zero-order valence-corrected chi connectivity index (χ0v) is 12.9. The molecule has 1 aromatic rings. The van der Waals surface area contributed by atoms with Crippen molar-refractivity contribution in [2.24, 2.45) is 5.92 Å². The molecule has 122 valence electrons. The summed E-state index contributed by atoms with van der Waals surface area (Å²) in [5, 5.41) is 3.13. The summed E-state index contributed by atoms with van der Waals surface area (Å²) in [6, 6.07) is 5.36. The van der Waals surface area contributed by atoms with Crippen molar-refractivity contribution in [2.45, 2.75) is 32.0 Å². The molecular formula is C16H21F3N2O. The molecule has 1 saturated heterocycles. The molecule has 0 saturated carbocycles. The topological polar surface area (TPSA) is 32.3 Å². The Labute approximate surface area is 128 Å². The summed E-state index contributed by atoms with van der Waals surface area (Å²) in [6.07, 6.45) is -4.36. The molecule has 2 atom stereocenters. The lowest BCUT2D eigenvalue weighted by Gasteiger charge is -2.27. The molecular weight excluding hydrogens is 293 g/mol. The van der Waals surface area contributed by atoms with Crippen molar-refractivity contribution in [1.29, 1.82) is 0 Å². The van der Waals surface area contributed by atoms with Gasteiger partial charge in [0.2, 0.25) is 5.91 Å². The number of alkyl halides is 3. The molecule has 3 nitrogen and oxygen atoms in total. The molecule has 0 bridgehead atoms. The maximum absolute atomic E-state index is 12.9. The smallest absolute Gasteiger partial charge is 0.343 e. The molecule has 1 fully saturated rings. The van der Waals surface area contributed by atoms with Gasteiger partial charge in [0.25, 0.3) is 0 Å². The standard InChI is InChI=1S/C16H21F3N2O/c1-10(2)21(3)15(22)14-9-20-8-13(14)11-5-4-6-12(7-11)16(17,18)19/h4-7,10,13-14,20H,8-9H2,1-3H3. The molecule has 0 radical (unpaired) electrons. The Kier molecular flexibility index (Phi) is 4.80. The summed E-state index contributed by atoms with van der Waals surface area (Å²) in [6.45, 7) is 4.85.